The molecular weight excluding hydrogens is 250 g/mol. The number of hydrogen-bond donors (Lipinski definition) is 2. The first-order valence-corrected chi connectivity index (χ1v) is 6.98. The van der Waals surface area contributed by atoms with Crippen LogP contribution in [0.5, 0.6) is 0 Å². The Kier molecular flexibility index (Phi) is 6.97. The molecule has 2 rings (SSSR count). The first kappa shape index (κ1) is 15.7. The van der Waals surface area contributed by atoms with Gasteiger partial charge in [-0.05, 0) is 70.7 Å². The Morgan fingerprint density at radius 2 is 1.78 bits per heavy atom. The zero-order valence-electron chi connectivity index (χ0n) is 11.1. The third-order valence-corrected chi connectivity index (χ3v) is 4.30. The summed E-state index contributed by atoms with van der Waals surface area (Å²) < 4.78 is 0. The van der Waals surface area contributed by atoms with Gasteiger partial charge in [-0.2, -0.15) is 0 Å². The van der Waals surface area contributed by atoms with E-state index in [1.807, 2.05) is 0 Å². The number of piperidine rings is 2. The van der Waals surface area contributed by atoms with Crippen molar-refractivity contribution < 1.29 is 4.79 Å². The molecule has 2 saturated heterocycles. The normalized spacial score (nSPS) is 23.6. The van der Waals surface area contributed by atoms with Gasteiger partial charge in [0.15, 0.2) is 0 Å². The maximum absolute atomic E-state index is 11.1. The Hall–Kier alpha value is -0.320. The Morgan fingerprint density at radius 3 is 2.33 bits per heavy atom. The molecule has 0 aromatic carbocycles. The van der Waals surface area contributed by atoms with Crippen LogP contribution in [0.3, 0.4) is 0 Å². The Morgan fingerprint density at radius 1 is 1.17 bits per heavy atom. The first-order chi connectivity index (χ1) is 8.25. The second kappa shape index (κ2) is 7.97. The molecule has 3 N–H and O–H groups in total. The molecule has 5 heteroatoms. The fraction of sp³-hybridized carbons (Fsp3) is 0.923. The summed E-state index contributed by atoms with van der Waals surface area (Å²) in [7, 11) is 0. The molecule has 2 aliphatic heterocycles. The number of halogens is 1. The van der Waals surface area contributed by atoms with E-state index in [0.717, 1.165) is 31.8 Å². The molecule has 0 spiro atoms. The highest BCUT2D eigenvalue weighted by Gasteiger charge is 2.23. The minimum atomic E-state index is -0.108. The summed E-state index contributed by atoms with van der Waals surface area (Å²) in [4.78, 5) is 13.6. The second-order valence-electron chi connectivity index (χ2n) is 5.50. The van der Waals surface area contributed by atoms with E-state index in [2.05, 4.69) is 10.2 Å². The van der Waals surface area contributed by atoms with Crippen LogP contribution in [-0.4, -0.2) is 43.5 Å². The number of rotatable bonds is 4. The molecule has 2 aliphatic rings. The minimum absolute atomic E-state index is 0. The van der Waals surface area contributed by atoms with Gasteiger partial charge < -0.3 is 16.0 Å². The molecule has 0 aliphatic carbocycles. The van der Waals surface area contributed by atoms with Gasteiger partial charge >= 0.3 is 0 Å². The molecule has 2 heterocycles. The Labute approximate surface area is 116 Å². The van der Waals surface area contributed by atoms with Crippen molar-refractivity contribution in [2.45, 2.75) is 32.1 Å². The van der Waals surface area contributed by atoms with Crippen molar-refractivity contribution in [3.05, 3.63) is 0 Å². The topological polar surface area (TPSA) is 58.4 Å². The summed E-state index contributed by atoms with van der Waals surface area (Å²) in [5.74, 6) is 0.929. The van der Waals surface area contributed by atoms with Crippen LogP contribution in [0.15, 0.2) is 0 Å². The summed E-state index contributed by atoms with van der Waals surface area (Å²) in [5.41, 5.74) is 5.34. The van der Waals surface area contributed by atoms with Gasteiger partial charge in [-0.15, -0.1) is 12.4 Å². The van der Waals surface area contributed by atoms with Crippen molar-refractivity contribution in [1.29, 1.82) is 0 Å². The number of carbonyl (C=O) groups is 1. The van der Waals surface area contributed by atoms with Crippen LogP contribution < -0.4 is 11.1 Å². The van der Waals surface area contributed by atoms with Crippen molar-refractivity contribution in [3.8, 4) is 0 Å². The molecule has 0 aromatic heterocycles. The minimum Gasteiger partial charge on any atom is -0.369 e. The summed E-state index contributed by atoms with van der Waals surface area (Å²) in [6.45, 7) is 5.69. The van der Waals surface area contributed by atoms with Gasteiger partial charge in [-0.3, -0.25) is 4.79 Å². The van der Waals surface area contributed by atoms with Gasteiger partial charge in [0.2, 0.25) is 5.91 Å². The molecule has 106 valence electrons. The number of nitrogens with zero attached hydrogens (tertiary/aromatic N) is 1. The van der Waals surface area contributed by atoms with Gasteiger partial charge in [-0.25, -0.2) is 0 Å². The second-order valence-corrected chi connectivity index (χ2v) is 5.50. The Bertz CT molecular complexity index is 249. The van der Waals surface area contributed by atoms with E-state index in [0.29, 0.717) is 0 Å². The molecule has 0 radical (unpaired) electrons. The highest BCUT2D eigenvalue weighted by Crippen LogP contribution is 2.20. The monoisotopic (exact) mass is 275 g/mol. The van der Waals surface area contributed by atoms with Crippen molar-refractivity contribution >= 4 is 18.3 Å². The van der Waals surface area contributed by atoms with E-state index in [-0.39, 0.29) is 24.2 Å². The number of nitrogens with two attached hydrogens (primary N) is 1. The quantitative estimate of drug-likeness (QED) is 0.805. The summed E-state index contributed by atoms with van der Waals surface area (Å²) in [6.07, 6.45) is 5.90. The number of carbonyl (C=O) groups excluding carboxylic acids is 1. The molecule has 18 heavy (non-hydrogen) atoms. The van der Waals surface area contributed by atoms with Crippen LogP contribution in [0.1, 0.15) is 32.1 Å². The third-order valence-electron chi connectivity index (χ3n) is 4.30. The highest BCUT2D eigenvalue weighted by molar-refractivity contribution is 5.85. The lowest BCUT2D eigenvalue weighted by Crippen LogP contribution is -2.39. The lowest BCUT2D eigenvalue weighted by Gasteiger charge is -2.32. The average molecular weight is 276 g/mol. The van der Waals surface area contributed by atoms with Gasteiger partial charge in [0, 0.05) is 5.92 Å². The van der Waals surface area contributed by atoms with Crippen molar-refractivity contribution in [1.82, 2.24) is 10.2 Å². The number of likely N-dealkylation sites (tertiary alicyclic amines) is 1. The molecule has 0 unspecified atom stereocenters. The van der Waals surface area contributed by atoms with E-state index in [1.165, 1.54) is 38.9 Å². The van der Waals surface area contributed by atoms with E-state index >= 15 is 0 Å². The SMILES string of the molecule is Cl.NC(=O)C1CCN(CCC2CCNCC2)CC1. The van der Waals surface area contributed by atoms with Crippen LogP contribution in [0.25, 0.3) is 0 Å². The van der Waals surface area contributed by atoms with Crippen LogP contribution in [-0.2, 0) is 4.79 Å². The van der Waals surface area contributed by atoms with E-state index in [9.17, 15) is 4.79 Å². The number of amides is 1. The van der Waals surface area contributed by atoms with Gasteiger partial charge in [0.05, 0.1) is 0 Å². The van der Waals surface area contributed by atoms with E-state index in [1.54, 1.807) is 0 Å². The highest BCUT2D eigenvalue weighted by atomic mass is 35.5. The van der Waals surface area contributed by atoms with Crippen LogP contribution in [0.4, 0.5) is 0 Å². The average Bonchev–Trinajstić information content (AvgIpc) is 2.38. The Balaban J connectivity index is 0.00000162. The molecule has 0 atom stereocenters. The number of nitrogens with one attached hydrogen (secondary N) is 1. The van der Waals surface area contributed by atoms with Crippen LogP contribution >= 0.6 is 12.4 Å². The zero-order chi connectivity index (χ0) is 12.1. The summed E-state index contributed by atoms with van der Waals surface area (Å²) in [6, 6.07) is 0. The van der Waals surface area contributed by atoms with Gasteiger partial charge in [0.25, 0.3) is 0 Å². The predicted octanol–water partition coefficient (Wildman–Crippen LogP) is 0.995. The summed E-state index contributed by atoms with van der Waals surface area (Å²) >= 11 is 0. The van der Waals surface area contributed by atoms with Crippen molar-refractivity contribution in [3.63, 3.8) is 0 Å². The number of primary amides is 1. The molecule has 0 aromatic rings. The summed E-state index contributed by atoms with van der Waals surface area (Å²) in [5, 5.41) is 3.41. The van der Waals surface area contributed by atoms with Crippen LogP contribution in [0.2, 0.25) is 0 Å². The first-order valence-electron chi connectivity index (χ1n) is 6.98. The van der Waals surface area contributed by atoms with E-state index in [4.69, 9.17) is 5.73 Å². The molecule has 4 nitrogen and oxygen atoms in total. The standard InChI is InChI=1S/C13H25N3O.ClH/c14-13(17)12-4-9-16(10-5-12)8-3-11-1-6-15-7-2-11;/h11-12,15H,1-10H2,(H2,14,17);1H. The molecule has 2 fully saturated rings. The van der Waals surface area contributed by atoms with Gasteiger partial charge in [0.1, 0.15) is 0 Å². The largest absolute Gasteiger partial charge is 0.369 e. The van der Waals surface area contributed by atoms with Gasteiger partial charge in [-0.1, -0.05) is 0 Å². The maximum Gasteiger partial charge on any atom is 0.220 e. The third kappa shape index (κ3) is 4.75. The molecular formula is C13H26ClN3O. The maximum atomic E-state index is 11.1. The predicted molar refractivity (Wildman–Crippen MR) is 75.8 cm³/mol. The van der Waals surface area contributed by atoms with Crippen molar-refractivity contribution in [2.75, 3.05) is 32.7 Å². The zero-order valence-corrected chi connectivity index (χ0v) is 11.9. The molecule has 0 saturated carbocycles. The fourth-order valence-corrected chi connectivity index (χ4v) is 2.98. The van der Waals surface area contributed by atoms with Crippen LogP contribution in [0, 0.1) is 11.8 Å². The number of hydrogen-bond acceptors (Lipinski definition) is 3. The van der Waals surface area contributed by atoms with Crippen molar-refractivity contribution in [2.24, 2.45) is 17.6 Å². The molecule has 1 amide bonds. The van der Waals surface area contributed by atoms with E-state index < -0.39 is 0 Å². The lowest BCUT2D eigenvalue weighted by atomic mass is 9.93. The lowest BCUT2D eigenvalue weighted by molar-refractivity contribution is -0.123. The molecule has 0 bridgehead atoms. The smallest absolute Gasteiger partial charge is 0.220 e. The fourth-order valence-electron chi connectivity index (χ4n) is 2.98.